The predicted octanol–water partition coefficient (Wildman–Crippen LogP) is -1.16. The van der Waals surface area contributed by atoms with Crippen molar-refractivity contribution in [1.29, 1.82) is 0 Å². The van der Waals surface area contributed by atoms with Gasteiger partial charge in [-0.3, -0.25) is 19.2 Å². The van der Waals surface area contributed by atoms with Crippen molar-refractivity contribution >= 4 is 29.7 Å². The first-order valence-corrected chi connectivity index (χ1v) is 8.93. The number of aliphatic hydroxyl groups is 1. The molecule has 0 saturated carbocycles. The summed E-state index contributed by atoms with van der Waals surface area (Å²) in [6, 6.07) is -3.93. The molecule has 0 aliphatic carbocycles. The molecule has 28 heavy (non-hydrogen) atoms. The van der Waals surface area contributed by atoms with E-state index in [0.717, 1.165) is 0 Å². The molecule has 3 amide bonds. The molecule has 0 aromatic carbocycles. The van der Waals surface area contributed by atoms with Crippen molar-refractivity contribution in [2.45, 2.75) is 71.2 Å². The summed E-state index contributed by atoms with van der Waals surface area (Å²) in [6.07, 6.45) is -1.88. The summed E-state index contributed by atoms with van der Waals surface area (Å²) in [7, 11) is 0. The average molecular weight is 403 g/mol. The van der Waals surface area contributed by atoms with Gasteiger partial charge in [-0.15, -0.1) is 0 Å². The van der Waals surface area contributed by atoms with Crippen molar-refractivity contribution in [2.75, 3.05) is 0 Å². The Kier molecular flexibility index (Phi) is 10.8. The Hall–Kier alpha value is -2.69. The number of carbonyl (C=O) groups excluding carboxylic acids is 3. The third-order valence-electron chi connectivity index (χ3n) is 3.83. The summed E-state index contributed by atoms with van der Waals surface area (Å²) >= 11 is 0. The second kappa shape index (κ2) is 11.9. The van der Waals surface area contributed by atoms with Gasteiger partial charge in [-0.25, -0.2) is 4.79 Å². The van der Waals surface area contributed by atoms with Gasteiger partial charge in [0.25, 0.3) is 0 Å². The predicted molar refractivity (Wildman–Crippen MR) is 97.1 cm³/mol. The Morgan fingerprint density at radius 3 is 1.82 bits per heavy atom. The van der Waals surface area contributed by atoms with Crippen LogP contribution < -0.4 is 16.0 Å². The van der Waals surface area contributed by atoms with Crippen LogP contribution in [-0.2, 0) is 24.0 Å². The molecule has 11 nitrogen and oxygen atoms in total. The molecule has 4 atom stereocenters. The molecular weight excluding hydrogens is 374 g/mol. The molecule has 0 rings (SSSR count). The van der Waals surface area contributed by atoms with Crippen LogP contribution in [0, 0.1) is 5.92 Å². The summed E-state index contributed by atoms with van der Waals surface area (Å²) in [5.74, 6) is -5.36. The fourth-order valence-corrected chi connectivity index (χ4v) is 2.28. The van der Waals surface area contributed by atoms with Gasteiger partial charge in [0, 0.05) is 6.42 Å². The van der Waals surface area contributed by atoms with Crippen LogP contribution in [0.2, 0.25) is 0 Å². The number of aliphatic carboxylic acids is 2. The minimum Gasteiger partial charge on any atom is -0.481 e. The van der Waals surface area contributed by atoms with E-state index in [4.69, 9.17) is 10.2 Å². The molecule has 0 radical (unpaired) electrons. The molecule has 0 heterocycles. The smallest absolute Gasteiger partial charge is 0.328 e. The number of amides is 3. The van der Waals surface area contributed by atoms with Crippen molar-refractivity contribution in [3.8, 4) is 0 Å². The molecular formula is C17H29N3O8. The van der Waals surface area contributed by atoms with Gasteiger partial charge >= 0.3 is 11.9 Å². The zero-order chi connectivity index (χ0) is 22.0. The minimum absolute atomic E-state index is 0.244. The maximum Gasteiger partial charge on any atom is 0.328 e. The summed E-state index contributed by atoms with van der Waals surface area (Å²) in [4.78, 5) is 58.2. The molecule has 0 aromatic rings. The molecule has 0 fully saturated rings. The minimum atomic E-state index is -1.86. The van der Waals surface area contributed by atoms with Crippen molar-refractivity contribution in [1.82, 2.24) is 16.0 Å². The van der Waals surface area contributed by atoms with Gasteiger partial charge in [0.1, 0.15) is 12.1 Å². The Morgan fingerprint density at radius 2 is 1.39 bits per heavy atom. The van der Waals surface area contributed by atoms with Crippen molar-refractivity contribution < 1.29 is 39.3 Å². The summed E-state index contributed by atoms with van der Waals surface area (Å²) in [5, 5.41) is 34.5. The van der Waals surface area contributed by atoms with Crippen molar-refractivity contribution in [3.63, 3.8) is 0 Å². The molecule has 0 saturated heterocycles. The fraction of sp³-hybridized carbons (Fsp3) is 0.706. The van der Waals surface area contributed by atoms with Crippen LogP contribution in [-0.4, -0.2) is 69.2 Å². The Balaban J connectivity index is 5.12. The Labute approximate surface area is 162 Å². The zero-order valence-corrected chi connectivity index (χ0v) is 16.4. The lowest BCUT2D eigenvalue weighted by molar-refractivity contribution is -0.148. The topological polar surface area (TPSA) is 182 Å². The first-order valence-electron chi connectivity index (χ1n) is 8.93. The van der Waals surface area contributed by atoms with E-state index < -0.39 is 60.3 Å². The third kappa shape index (κ3) is 8.80. The van der Waals surface area contributed by atoms with E-state index in [1.165, 1.54) is 6.92 Å². The number of nitrogens with one attached hydrogen (secondary N) is 3. The maximum atomic E-state index is 12.4. The molecule has 0 spiro atoms. The highest BCUT2D eigenvalue weighted by Gasteiger charge is 2.34. The van der Waals surface area contributed by atoms with E-state index in [2.05, 4.69) is 16.0 Å². The van der Waals surface area contributed by atoms with Crippen LogP contribution in [0.1, 0.15) is 47.0 Å². The number of carbonyl (C=O) groups is 5. The molecule has 0 aliphatic heterocycles. The van der Waals surface area contributed by atoms with Crippen LogP contribution in [0.4, 0.5) is 0 Å². The lowest BCUT2D eigenvalue weighted by atomic mass is 10.0. The van der Waals surface area contributed by atoms with Gasteiger partial charge in [-0.05, 0) is 19.3 Å². The van der Waals surface area contributed by atoms with Crippen LogP contribution in [0.5, 0.6) is 0 Å². The molecule has 6 N–H and O–H groups in total. The number of carboxylic acid groups (broad SMARTS) is 2. The summed E-state index contributed by atoms with van der Waals surface area (Å²) in [5.41, 5.74) is 0. The van der Waals surface area contributed by atoms with Crippen LogP contribution in [0.3, 0.4) is 0 Å². The third-order valence-corrected chi connectivity index (χ3v) is 3.83. The number of hydrogen-bond donors (Lipinski definition) is 6. The van der Waals surface area contributed by atoms with Gasteiger partial charge in [0.15, 0.2) is 6.04 Å². The maximum absolute atomic E-state index is 12.4. The molecule has 160 valence electrons. The van der Waals surface area contributed by atoms with E-state index in [9.17, 15) is 29.1 Å². The van der Waals surface area contributed by atoms with Crippen molar-refractivity contribution in [2.24, 2.45) is 5.92 Å². The average Bonchev–Trinajstić information content (AvgIpc) is 2.55. The molecule has 1 unspecified atom stereocenters. The highest BCUT2D eigenvalue weighted by molar-refractivity contribution is 5.93. The highest BCUT2D eigenvalue weighted by Crippen LogP contribution is 2.06. The number of carboxylic acids is 2. The molecule has 11 heteroatoms. The summed E-state index contributed by atoms with van der Waals surface area (Å²) < 4.78 is 0. The Bertz CT molecular complexity index is 593. The number of aliphatic hydroxyl groups excluding tert-OH is 1. The zero-order valence-electron chi connectivity index (χ0n) is 16.4. The lowest BCUT2D eigenvalue weighted by Gasteiger charge is -2.26. The molecule has 0 aliphatic rings. The van der Waals surface area contributed by atoms with E-state index >= 15 is 0 Å². The van der Waals surface area contributed by atoms with E-state index in [0.29, 0.717) is 6.42 Å². The fourth-order valence-electron chi connectivity index (χ4n) is 2.28. The van der Waals surface area contributed by atoms with Crippen molar-refractivity contribution in [3.05, 3.63) is 0 Å². The molecule has 0 bridgehead atoms. The van der Waals surface area contributed by atoms with Gasteiger partial charge in [0.05, 0.1) is 12.5 Å². The van der Waals surface area contributed by atoms with Gasteiger partial charge in [-0.2, -0.15) is 0 Å². The second-order valence-corrected chi connectivity index (χ2v) is 6.76. The van der Waals surface area contributed by atoms with E-state index in [1.807, 2.05) is 0 Å². The first-order chi connectivity index (χ1) is 12.9. The lowest BCUT2D eigenvalue weighted by Crippen LogP contribution is -2.58. The molecule has 0 aromatic heterocycles. The van der Waals surface area contributed by atoms with Gasteiger partial charge in [0.2, 0.25) is 17.7 Å². The van der Waals surface area contributed by atoms with Crippen LogP contribution in [0.25, 0.3) is 0 Å². The number of rotatable bonds is 12. The van der Waals surface area contributed by atoms with Gasteiger partial charge in [-0.1, -0.05) is 20.8 Å². The first kappa shape index (κ1) is 25.3. The quantitative estimate of drug-likeness (QED) is 0.236. The summed E-state index contributed by atoms with van der Waals surface area (Å²) in [6.45, 7) is 6.46. The standard InChI is InChI=1S/C17H29N3O8/c1-5-6-11(22)18-9(4)15(25)19-13(8(2)3)16(26)20-14(17(27)28)10(21)7-12(23)24/h8-10,13-14,21H,5-7H2,1-4H3,(H,18,22)(H,19,25)(H,20,26)(H,23,24)(H,27,28)/t9-,10?,13-,14-/m0/s1. The monoisotopic (exact) mass is 403 g/mol. The second-order valence-electron chi connectivity index (χ2n) is 6.76. The number of hydrogen-bond acceptors (Lipinski definition) is 6. The van der Waals surface area contributed by atoms with E-state index in [-0.39, 0.29) is 12.3 Å². The van der Waals surface area contributed by atoms with Crippen LogP contribution in [0.15, 0.2) is 0 Å². The highest BCUT2D eigenvalue weighted by atomic mass is 16.4. The Morgan fingerprint density at radius 1 is 0.857 bits per heavy atom. The van der Waals surface area contributed by atoms with E-state index in [1.54, 1.807) is 20.8 Å². The van der Waals surface area contributed by atoms with Gasteiger partial charge < -0.3 is 31.3 Å². The normalized spacial score (nSPS) is 15.1. The SMILES string of the molecule is CCCC(=O)N[C@@H](C)C(=O)N[C@H](C(=O)N[C@H](C(=O)O)C(O)CC(=O)O)C(C)C. The largest absolute Gasteiger partial charge is 0.481 e. The van der Waals surface area contributed by atoms with Crippen LogP contribution >= 0.6 is 0 Å².